The standard InChI is InChI=1S/C14H20BFO3/c1-6-17-10-7-8-11(12(16)9-10)15-18-13(2,3)14(4,5)19-15/h7-9H,6H2,1-5H3. The Morgan fingerprint density at radius 2 is 1.74 bits per heavy atom. The first-order chi connectivity index (χ1) is 8.77. The quantitative estimate of drug-likeness (QED) is 0.787. The predicted octanol–water partition coefficient (Wildman–Crippen LogP) is 2.52. The average Bonchev–Trinajstić information content (AvgIpc) is 2.48. The Morgan fingerprint density at radius 1 is 1.16 bits per heavy atom. The summed E-state index contributed by atoms with van der Waals surface area (Å²) in [6, 6.07) is 4.75. The Morgan fingerprint density at radius 3 is 2.21 bits per heavy atom. The van der Waals surface area contributed by atoms with E-state index in [0.717, 1.165) is 0 Å². The highest BCUT2D eigenvalue weighted by Gasteiger charge is 2.52. The van der Waals surface area contributed by atoms with Crippen molar-refractivity contribution in [2.75, 3.05) is 6.61 Å². The minimum atomic E-state index is -0.680. The molecular formula is C14H20BFO3. The molecule has 0 N–H and O–H groups in total. The molecule has 0 radical (unpaired) electrons. The van der Waals surface area contributed by atoms with Gasteiger partial charge in [0.05, 0.1) is 17.8 Å². The van der Waals surface area contributed by atoms with E-state index in [9.17, 15) is 4.39 Å². The fourth-order valence-electron chi connectivity index (χ4n) is 1.93. The van der Waals surface area contributed by atoms with Crippen molar-refractivity contribution < 1.29 is 18.4 Å². The van der Waals surface area contributed by atoms with Crippen LogP contribution in [-0.4, -0.2) is 24.9 Å². The van der Waals surface area contributed by atoms with Crippen molar-refractivity contribution in [2.45, 2.75) is 45.8 Å². The Kier molecular flexibility index (Phi) is 3.62. The molecule has 1 fully saturated rings. The summed E-state index contributed by atoms with van der Waals surface area (Å²) >= 11 is 0. The van der Waals surface area contributed by atoms with Gasteiger partial charge in [-0.1, -0.05) is 6.07 Å². The molecule has 0 saturated carbocycles. The van der Waals surface area contributed by atoms with Crippen LogP contribution in [0.5, 0.6) is 5.75 Å². The number of hydrogen-bond acceptors (Lipinski definition) is 3. The lowest BCUT2D eigenvalue weighted by molar-refractivity contribution is 0.00578. The number of hydrogen-bond donors (Lipinski definition) is 0. The molecule has 2 rings (SSSR count). The van der Waals surface area contributed by atoms with Crippen molar-refractivity contribution in [3.8, 4) is 5.75 Å². The van der Waals surface area contributed by atoms with E-state index in [2.05, 4.69) is 0 Å². The summed E-state index contributed by atoms with van der Waals surface area (Å²) < 4.78 is 31.0. The maximum atomic E-state index is 14.1. The van der Waals surface area contributed by atoms with Gasteiger partial charge < -0.3 is 14.0 Å². The lowest BCUT2D eigenvalue weighted by Crippen LogP contribution is -2.41. The summed E-state index contributed by atoms with van der Waals surface area (Å²) in [5.74, 6) is 0.143. The van der Waals surface area contributed by atoms with Crippen LogP contribution in [0.25, 0.3) is 0 Å². The lowest BCUT2D eigenvalue weighted by atomic mass is 9.78. The molecule has 0 unspecified atom stereocenters. The largest absolute Gasteiger partial charge is 0.497 e. The zero-order chi connectivity index (χ0) is 14.3. The Bertz CT molecular complexity index is 458. The molecule has 0 spiro atoms. The van der Waals surface area contributed by atoms with Crippen LogP contribution in [0, 0.1) is 5.82 Å². The van der Waals surface area contributed by atoms with Crippen molar-refractivity contribution in [3.05, 3.63) is 24.0 Å². The second-order valence-electron chi connectivity index (χ2n) is 5.70. The van der Waals surface area contributed by atoms with Crippen molar-refractivity contribution in [1.82, 2.24) is 0 Å². The molecule has 1 aliphatic rings. The van der Waals surface area contributed by atoms with Crippen molar-refractivity contribution in [1.29, 1.82) is 0 Å². The number of benzene rings is 1. The van der Waals surface area contributed by atoms with E-state index in [1.807, 2.05) is 34.6 Å². The van der Waals surface area contributed by atoms with Gasteiger partial charge in [-0.05, 0) is 40.7 Å². The lowest BCUT2D eigenvalue weighted by Gasteiger charge is -2.32. The number of rotatable bonds is 3. The first-order valence-electron chi connectivity index (χ1n) is 6.55. The molecule has 0 aliphatic carbocycles. The molecule has 1 aliphatic heterocycles. The van der Waals surface area contributed by atoms with Crippen LogP contribution in [-0.2, 0) is 9.31 Å². The molecule has 3 nitrogen and oxygen atoms in total. The van der Waals surface area contributed by atoms with Crippen LogP contribution >= 0.6 is 0 Å². The first kappa shape index (κ1) is 14.3. The van der Waals surface area contributed by atoms with Crippen LogP contribution in [0.4, 0.5) is 4.39 Å². The van der Waals surface area contributed by atoms with E-state index in [1.165, 1.54) is 6.07 Å². The van der Waals surface area contributed by atoms with Gasteiger partial charge in [0, 0.05) is 11.5 Å². The second-order valence-corrected chi connectivity index (χ2v) is 5.70. The van der Waals surface area contributed by atoms with Gasteiger partial charge in [0.25, 0.3) is 0 Å². The molecule has 19 heavy (non-hydrogen) atoms. The number of ether oxygens (including phenoxy) is 1. The predicted molar refractivity (Wildman–Crippen MR) is 73.3 cm³/mol. The van der Waals surface area contributed by atoms with Gasteiger partial charge in [-0.25, -0.2) is 4.39 Å². The van der Waals surface area contributed by atoms with E-state index in [0.29, 0.717) is 17.8 Å². The highest BCUT2D eigenvalue weighted by molar-refractivity contribution is 6.62. The molecule has 1 aromatic rings. The molecule has 0 atom stereocenters. The van der Waals surface area contributed by atoms with Crippen LogP contribution in [0.15, 0.2) is 18.2 Å². The summed E-state index contributed by atoms with van der Waals surface area (Å²) in [6.07, 6.45) is 0. The third-order valence-corrected chi connectivity index (χ3v) is 3.79. The normalized spacial score (nSPS) is 20.6. The second kappa shape index (κ2) is 4.80. The summed E-state index contributed by atoms with van der Waals surface area (Å²) in [4.78, 5) is 0. The molecule has 5 heteroatoms. The fraction of sp³-hybridized carbons (Fsp3) is 0.571. The maximum absolute atomic E-state index is 14.1. The van der Waals surface area contributed by atoms with Crippen molar-refractivity contribution in [3.63, 3.8) is 0 Å². The van der Waals surface area contributed by atoms with E-state index in [1.54, 1.807) is 12.1 Å². The minimum Gasteiger partial charge on any atom is -0.494 e. The summed E-state index contributed by atoms with van der Waals surface area (Å²) in [5.41, 5.74) is -0.534. The molecule has 0 aromatic heterocycles. The molecule has 1 heterocycles. The Balaban J connectivity index is 2.25. The topological polar surface area (TPSA) is 27.7 Å². The smallest absolute Gasteiger partial charge is 0.494 e. The fourth-order valence-corrected chi connectivity index (χ4v) is 1.93. The summed E-state index contributed by atoms with van der Waals surface area (Å²) in [7, 11) is -0.680. The van der Waals surface area contributed by atoms with Gasteiger partial charge in [-0.2, -0.15) is 0 Å². The molecule has 1 aromatic carbocycles. The van der Waals surface area contributed by atoms with E-state index >= 15 is 0 Å². The van der Waals surface area contributed by atoms with Crippen LogP contribution < -0.4 is 10.2 Å². The maximum Gasteiger partial charge on any atom is 0.497 e. The SMILES string of the molecule is CCOc1ccc(B2OC(C)(C)C(C)(C)O2)c(F)c1. The molecular weight excluding hydrogens is 246 g/mol. The minimum absolute atomic E-state index is 0.371. The molecule has 1 saturated heterocycles. The third-order valence-electron chi connectivity index (χ3n) is 3.79. The van der Waals surface area contributed by atoms with Crippen LogP contribution in [0.2, 0.25) is 0 Å². The Labute approximate surface area is 114 Å². The van der Waals surface area contributed by atoms with Crippen LogP contribution in [0.3, 0.4) is 0 Å². The first-order valence-corrected chi connectivity index (χ1v) is 6.55. The van der Waals surface area contributed by atoms with Gasteiger partial charge in [-0.3, -0.25) is 0 Å². The highest BCUT2D eigenvalue weighted by atomic mass is 19.1. The van der Waals surface area contributed by atoms with Crippen molar-refractivity contribution in [2.24, 2.45) is 0 Å². The van der Waals surface area contributed by atoms with E-state index in [-0.39, 0.29) is 5.82 Å². The third kappa shape index (κ3) is 2.62. The zero-order valence-corrected chi connectivity index (χ0v) is 12.1. The zero-order valence-electron chi connectivity index (χ0n) is 12.1. The summed E-state index contributed by atoms with van der Waals surface area (Å²) in [5, 5.41) is 0. The highest BCUT2D eigenvalue weighted by Crippen LogP contribution is 2.36. The molecule has 0 amide bonds. The van der Waals surface area contributed by atoms with Crippen LogP contribution in [0.1, 0.15) is 34.6 Å². The molecule has 0 bridgehead atoms. The van der Waals surface area contributed by atoms with Crippen molar-refractivity contribution >= 4 is 12.6 Å². The monoisotopic (exact) mass is 266 g/mol. The van der Waals surface area contributed by atoms with E-state index in [4.69, 9.17) is 14.0 Å². The molecule has 104 valence electrons. The number of halogens is 1. The van der Waals surface area contributed by atoms with E-state index < -0.39 is 18.3 Å². The van der Waals surface area contributed by atoms with Gasteiger partial charge in [0.2, 0.25) is 0 Å². The van der Waals surface area contributed by atoms with Gasteiger partial charge >= 0.3 is 7.12 Å². The summed E-state index contributed by atoms with van der Waals surface area (Å²) in [6.45, 7) is 10.1. The van der Waals surface area contributed by atoms with Gasteiger partial charge in [0.15, 0.2) is 0 Å². The van der Waals surface area contributed by atoms with Gasteiger partial charge in [-0.15, -0.1) is 0 Å². The van der Waals surface area contributed by atoms with Gasteiger partial charge in [0.1, 0.15) is 11.6 Å². The average molecular weight is 266 g/mol. The Hall–Kier alpha value is -1.07.